The number of methoxy groups -OCH3 is 1. The van der Waals surface area contributed by atoms with Gasteiger partial charge in [-0.3, -0.25) is 0 Å². The lowest BCUT2D eigenvalue weighted by molar-refractivity contribution is -0.174. The predicted molar refractivity (Wildman–Crippen MR) is 69.3 cm³/mol. The van der Waals surface area contributed by atoms with E-state index >= 15 is 0 Å². The lowest BCUT2D eigenvalue weighted by atomic mass is 10.3. The summed E-state index contributed by atoms with van der Waals surface area (Å²) in [5.41, 5.74) is 0.348. The second kappa shape index (κ2) is 7.67. The fourth-order valence-corrected chi connectivity index (χ4v) is 1.42. The molecule has 6 nitrogen and oxygen atoms in total. The molecule has 0 spiro atoms. The number of carbonyl (C=O) groups excluding carboxylic acids is 1. The van der Waals surface area contributed by atoms with Crippen LogP contribution in [0.4, 0.5) is 23.7 Å². The fourth-order valence-electron chi connectivity index (χ4n) is 1.42. The molecule has 0 unspecified atom stereocenters. The molecule has 118 valence electrons. The average molecular weight is 307 g/mol. The first-order valence-corrected chi connectivity index (χ1v) is 6.03. The number of anilines is 1. The van der Waals surface area contributed by atoms with E-state index in [4.69, 9.17) is 4.74 Å². The fraction of sp³-hybridized carbons (Fsp3) is 0.500. The van der Waals surface area contributed by atoms with Crippen molar-refractivity contribution in [3.05, 3.63) is 18.3 Å². The molecule has 0 fully saturated rings. The summed E-state index contributed by atoms with van der Waals surface area (Å²) in [5, 5.41) is 4.92. The second-order valence-corrected chi connectivity index (χ2v) is 4.19. The lowest BCUT2D eigenvalue weighted by Gasteiger charge is -2.16. The molecule has 2 amide bonds. The van der Waals surface area contributed by atoms with Gasteiger partial charge < -0.3 is 20.1 Å². The Labute approximate surface area is 119 Å². The highest BCUT2D eigenvalue weighted by Crippen LogP contribution is 2.19. The van der Waals surface area contributed by atoms with Crippen molar-refractivity contribution in [2.75, 3.05) is 25.6 Å². The van der Waals surface area contributed by atoms with Crippen molar-refractivity contribution in [2.24, 2.45) is 0 Å². The van der Waals surface area contributed by atoms with Gasteiger partial charge in [-0.15, -0.1) is 0 Å². The third-order valence-electron chi connectivity index (χ3n) is 2.22. The first-order valence-electron chi connectivity index (χ1n) is 6.03. The van der Waals surface area contributed by atoms with Crippen LogP contribution in [0.1, 0.15) is 6.92 Å². The van der Waals surface area contributed by atoms with Crippen LogP contribution in [-0.4, -0.2) is 43.6 Å². The van der Waals surface area contributed by atoms with Crippen LogP contribution >= 0.6 is 0 Å². The van der Waals surface area contributed by atoms with Crippen LogP contribution < -0.4 is 15.4 Å². The molecule has 0 radical (unpaired) electrons. The van der Waals surface area contributed by atoms with Crippen LogP contribution in [0.15, 0.2) is 18.3 Å². The van der Waals surface area contributed by atoms with Gasteiger partial charge in [0.1, 0.15) is 12.3 Å². The Bertz CT molecular complexity index is 469. The molecule has 0 aromatic carbocycles. The highest BCUT2D eigenvalue weighted by molar-refractivity contribution is 5.90. The molecule has 0 saturated heterocycles. The van der Waals surface area contributed by atoms with Crippen LogP contribution in [0.3, 0.4) is 0 Å². The third-order valence-corrected chi connectivity index (χ3v) is 2.22. The molecule has 9 heteroatoms. The van der Waals surface area contributed by atoms with E-state index in [2.05, 4.69) is 20.4 Å². The molecule has 0 bridgehead atoms. The molecule has 1 aromatic rings. The van der Waals surface area contributed by atoms with E-state index in [9.17, 15) is 18.0 Å². The maximum Gasteiger partial charge on any atom is 0.411 e. The molecule has 0 aliphatic heterocycles. The Kier molecular flexibility index (Phi) is 6.22. The minimum absolute atomic E-state index is 0.230. The summed E-state index contributed by atoms with van der Waals surface area (Å²) in [6, 6.07) is 2.00. The van der Waals surface area contributed by atoms with Gasteiger partial charge in [0.15, 0.2) is 0 Å². The quantitative estimate of drug-likeness (QED) is 0.845. The average Bonchev–Trinajstić information content (AvgIpc) is 2.37. The third kappa shape index (κ3) is 6.80. The molecule has 1 rings (SSSR count). The largest absolute Gasteiger partial charge is 0.480 e. The number of alkyl halides is 3. The predicted octanol–water partition coefficient (Wildman–Crippen LogP) is 2.18. The van der Waals surface area contributed by atoms with Gasteiger partial charge in [-0.25, -0.2) is 9.78 Å². The van der Waals surface area contributed by atoms with Crippen molar-refractivity contribution in [3.63, 3.8) is 0 Å². The maximum absolute atomic E-state index is 11.9. The van der Waals surface area contributed by atoms with Gasteiger partial charge in [0.25, 0.3) is 0 Å². The van der Waals surface area contributed by atoms with Crippen molar-refractivity contribution in [1.29, 1.82) is 0 Å². The zero-order valence-electron chi connectivity index (χ0n) is 11.5. The van der Waals surface area contributed by atoms with E-state index in [1.54, 1.807) is 12.1 Å². The smallest absolute Gasteiger partial charge is 0.411 e. The van der Waals surface area contributed by atoms with E-state index < -0.39 is 24.9 Å². The molecule has 0 aliphatic carbocycles. The van der Waals surface area contributed by atoms with E-state index in [1.807, 2.05) is 0 Å². The standard InChI is InChI=1S/C12H16F3N3O3/c1-8(6-21-7-12(13,14)15)17-11(19)18-9-4-3-5-16-10(9)20-2/h3-5,8H,6-7H2,1-2H3,(H2,17,18,19)/t8-/m0/s1. The van der Waals surface area contributed by atoms with Crippen molar-refractivity contribution in [1.82, 2.24) is 10.3 Å². The summed E-state index contributed by atoms with van der Waals surface area (Å²) in [5.74, 6) is 0.230. The highest BCUT2D eigenvalue weighted by Gasteiger charge is 2.27. The minimum Gasteiger partial charge on any atom is -0.480 e. The number of aromatic nitrogens is 1. The van der Waals surface area contributed by atoms with Crippen molar-refractivity contribution >= 4 is 11.7 Å². The number of amides is 2. The molecule has 0 saturated carbocycles. The Hall–Kier alpha value is -2.03. The number of carbonyl (C=O) groups is 1. The van der Waals surface area contributed by atoms with Crippen LogP contribution in [-0.2, 0) is 4.74 Å². The summed E-state index contributed by atoms with van der Waals surface area (Å²) < 4.78 is 45.1. The van der Waals surface area contributed by atoms with Gasteiger partial charge in [0, 0.05) is 6.20 Å². The number of nitrogens with one attached hydrogen (secondary N) is 2. The van der Waals surface area contributed by atoms with Gasteiger partial charge in [-0.05, 0) is 19.1 Å². The molecule has 21 heavy (non-hydrogen) atoms. The molecule has 1 atom stereocenters. The van der Waals surface area contributed by atoms with Crippen LogP contribution in [0.25, 0.3) is 0 Å². The molecule has 0 aliphatic rings. The van der Waals surface area contributed by atoms with E-state index in [0.717, 1.165) is 0 Å². The van der Waals surface area contributed by atoms with Gasteiger partial charge in [-0.2, -0.15) is 13.2 Å². The number of pyridine rings is 1. The molecule has 2 N–H and O–H groups in total. The number of hydrogen-bond acceptors (Lipinski definition) is 4. The van der Waals surface area contributed by atoms with Crippen molar-refractivity contribution in [2.45, 2.75) is 19.1 Å². The number of urea groups is 1. The topological polar surface area (TPSA) is 72.5 Å². The van der Waals surface area contributed by atoms with Crippen molar-refractivity contribution in [3.8, 4) is 5.88 Å². The van der Waals surface area contributed by atoms with Gasteiger partial charge in [0.05, 0.1) is 19.8 Å². The van der Waals surface area contributed by atoms with Gasteiger partial charge >= 0.3 is 12.2 Å². The van der Waals surface area contributed by atoms with Crippen molar-refractivity contribution < 1.29 is 27.4 Å². The van der Waals surface area contributed by atoms with Crippen LogP contribution in [0.2, 0.25) is 0 Å². The summed E-state index contributed by atoms with van der Waals surface area (Å²) in [6.45, 7) is -0.0788. The van der Waals surface area contributed by atoms with Gasteiger partial charge in [-0.1, -0.05) is 0 Å². The molecular weight excluding hydrogens is 291 g/mol. The summed E-state index contributed by atoms with van der Waals surface area (Å²) >= 11 is 0. The first-order chi connectivity index (χ1) is 9.81. The molecule has 1 aromatic heterocycles. The van der Waals surface area contributed by atoms with E-state index in [0.29, 0.717) is 5.69 Å². The minimum atomic E-state index is -4.38. The Morgan fingerprint density at radius 3 is 2.81 bits per heavy atom. The van der Waals surface area contributed by atoms with E-state index in [1.165, 1.54) is 20.2 Å². The first kappa shape index (κ1) is 17.0. The lowest BCUT2D eigenvalue weighted by Crippen LogP contribution is -2.39. The zero-order valence-corrected chi connectivity index (χ0v) is 11.5. The van der Waals surface area contributed by atoms with E-state index in [-0.39, 0.29) is 12.5 Å². The monoisotopic (exact) mass is 307 g/mol. The summed E-state index contributed by atoms with van der Waals surface area (Å²) in [7, 11) is 1.40. The number of ether oxygens (including phenoxy) is 2. The summed E-state index contributed by atoms with van der Waals surface area (Å²) in [4.78, 5) is 15.6. The molecular formula is C12H16F3N3O3. The number of halogens is 3. The van der Waals surface area contributed by atoms with Crippen LogP contribution in [0, 0.1) is 0 Å². The zero-order chi connectivity index (χ0) is 15.9. The second-order valence-electron chi connectivity index (χ2n) is 4.19. The number of rotatable bonds is 6. The Balaban J connectivity index is 2.39. The Morgan fingerprint density at radius 1 is 1.48 bits per heavy atom. The normalized spacial score (nSPS) is 12.6. The Morgan fingerprint density at radius 2 is 2.19 bits per heavy atom. The SMILES string of the molecule is COc1ncccc1NC(=O)N[C@@H](C)COCC(F)(F)F. The highest BCUT2D eigenvalue weighted by atomic mass is 19.4. The van der Waals surface area contributed by atoms with Gasteiger partial charge in [0.2, 0.25) is 5.88 Å². The summed E-state index contributed by atoms with van der Waals surface area (Å²) in [6.07, 6.45) is -2.89. The maximum atomic E-state index is 11.9. The molecule has 1 heterocycles. The number of nitrogens with zero attached hydrogens (tertiary/aromatic N) is 1. The van der Waals surface area contributed by atoms with Crippen LogP contribution in [0.5, 0.6) is 5.88 Å². The number of hydrogen-bond donors (Lipinski definition) is 2.